The molecule has 1 heterocycles. The third-order valence-electron chi connectivity index (χ3n) is 1.98. The van der Waals surface area contributed by atoms with Crippen LogP contribution < -0.4 is 0 Å². The molecule has 0 radical (unpaired) electrons. The highest BCUT2D eigenvalue weighted by Gasteiger charge is 2.25. The maximum absolute atomic E-state index is 11.9. The second-order valence-electron chi connectivity index (χ2n) is 2.88. The van der Waals surface area contributed by atoms with Crippen LogP contribution in [0, 0.1) is 11.3 Å². The molecule has 1 rings (SSSR count). The first-order valence-corrected chi connectivity index (χ1v) is 5.83. The van der Waals surface area contributed by atoms with Crippen molar-refractivity contribution in [1.82, 2.24) is 14.1 Å². The Bertz CT molecular complexity index is 471. The van der Waals surface area contributed by atoms with Gasteiger partial charge in [0.15, 0.2) is 5.03 Å². The van der Waals surface area contributed by atoms with Gasteiger partial charge in [-0.2, -0.15) is 14.7 Å². The third kappa shape index (κ3) is 2.16. The number of nitrogens with zero attached hydrogens (tertiary/aromatic N) is 4. The van der Waals surface area contributed by atoms with E-state index in [1.165, 1.54) is 16.9 Å². The zero-order valence-corrected chi connectivity index (χ0v) is 9.40. The Hall–Kier alpha value is -1.39. The summed E-state index contributed by atoms with van der Waals surface area (Å²) in [6, 6.07) is 3.24. The summed E-state index contributed by atoms with van der Waals surface area (Å²) in [6.45, 7) is 1.80. The number of hydrogen-bond acceptors (Lipinski definition) is 4. The molecule has 0 spiro atoms. The quantitative estimate of drug-likeness (QED) is 0.677. The number of sulfonamides is 1. The number of aryl methyl sites for hydroxylation is 1. The lowest BCUT2D eigenvalue weighted by atomic mass is 10.6. The molecule has 0 bridgehead atoms. The van der Waals surface area contributed by atoms with Crippen molar-refractivity contribution in [1.29, 1.82) is 5.26 Å². The van der Waals surface area contributed by atoms with Crippen LogP contribution >= 0.6 is 0 Å². The maximum Gasteiger partial charge on any atom is 0.261 e. The molecule has 6 nitrogen and oxygen atoms in total. The number of rotatable bonds is 4. The topological polar surface area (TPSA) is 79.0 Å². The van der Waals surface area contributed by atoms with Crippen molar-refractivity contribution >= 4 is 10.0 Å². The monoisotopic (exact) mass is 228 g/mol. The molecule has 82 valence electrons. The number of nitriles is 1. The molecule has 7 heteroatoms. The van der Waals surface area contributed by atoms with Crippen LogP contribution in [0.3, 0.4) is 0 Å². The molecule has 0 saturated carbocycles. The van der Waals surface area contributed by atoms with Crippen molar-refractivity contribution in [3.63, 3.8) is 0 Å². The van der Waals surface area contributed by atoms with E-state index in [9.17, 15) is 8.42 Å². The van der Waals surface area contributed by atoms with E-state index < -0.39 is 10.0 Å². The summed E-state index contributed by atoms with van der Waals surface area (Å²) in [6.07, 6.45) is 1.41. The molecule has 15 heavy (non-hydrogen) atoms. The Balaban J connectivity index is 3.13. The van der Waals surface area contributed by atoms with E-state index in [0.717, 1.165) is 4.31 Å². The van der Waals surface area contributed by atoms with Gasteiger partial charge >= 0.3 is 0 Å². The van der Waals surface area contributed by atoms with Crippen molar-refractivity contribution in [2.75, 3.05) is 13.1 Å². The third-order valence-corrected chi connectivity index (χ3v) is 3.98. The van der Waals surface area contributed by atoms with Gasteiger partial charge in [0, 0.05) is 13.6 Å². The summed E-state index contributed by atoms with van der Waals surface area (Å²) in [5.41, 5.74) is 0. The fourth-order valence-electron chi connectivity index (χ4n) is 1.19. The van der Waals surface area contributed by atoms with Crippen molar-refractivity contribution in [3.05, 3.63) is 12.3 Å². The first-order chi connectivity index (χ1) is 7.04. The van der Waals surface area contributed by atoms with Gasteiger partial charge in [0.25, 0.3) is 10.0 Å². The first-order valence-electron chi connectivity index (χ1n) is 4.39. The standard InChI is InChI=1S/C8H12N4O2S/c1-3-12(7-5-9)15(13,14)8-4-6-10-11(8)2/h4,6H,3,7H2,1-2H3. The summed E-state index contributed by atoms with van der Waals surface area (Å²) in [7, 11) is -2.04. The van der Waals surface area contributed by atoms with Crippen LogP contribution in [-0.2, 0) is 17.1 Å². The smallest absolute Gasteiger partial charge is 0.256 e. The fraction of sp³-hybridized carbons (Fsp3) is 0.500. The van der Waals surface area contributed by atoms with Gasteiger partial charge in [0.05, 0.1) is 12.3 Å². The summed E-state index contributed by atoms with van der Waals surface area (Å²) >= 11 is 0. The molecule has 0 aliphatic heterocycles. The molecule has 0 atom stereocenters. The SMILES string of the molecule is CCN(CC#N)S(=O)(=O)c1ccnn1C. The molecule has 0 fully saturated rings. The van der Waals surface area contributed by atoms with E-state index in [2.05, 4.69) is 5.10 Å². The molecule has 0 aliphatic rings. The molecule has 0 amide bonds. The minimum absolute atomic E-state index is 0.0969. The molecule has 1 aromatic rings. The average molecular weight is 228 g/mol. The number of hydrogen-bond donors (Lipinski definition) is 0. The van der Waals surface area contributed by atoms with E-state index in [-0.39, 0.29) is 18.1 Å². The Labute approximate surface area is 88.8 Å². The maximum atomic E-state index is 11.9. The van der Waals surface area contributed by atoms with Gasteiger partial charge in [-0.3, -0.25) is 4.68 Å². The van der Waals surface area contributed by atoms with Gasteiger partial charge in [-0.1, -0.05) is 6.92 Å². The minimum atomic E-state index is -3.59. The molecule has 0 unspecified atom stereocenters. The predicted octanol–water partition coefficient (Wildman–Crippen LogP) is -0.0457. The minimum Gasteiger partial charge on any atom is -0.256 e. The molecule has 0 N–H and O–H groups in total. The second kappa shape index (κ2) is 4.42. The highest BCUT2D eigenvalue weighted by Crippen LogP contribution is 2.13. The van der Waals surface area contributed by atoms with E-state index in [1.807, 2.05) is 6.07 Å². The fourth-order valence-corrected chi connectivity index (χ4v) is 2.64. The van der Waals surface area contributed by atoms with Gasteiger partial charge in [0.1, 0.15) is 6.54 Å². The molecular weight excluding hydrogens is 216 g/mol. The Morgan fingerprint density at radius 2 is 2.33 bits per heavy atom. The Morgan fingerprint density at radius 3 is 2.73 bits per heavy atom. The lowest BCUT2D eigenvalue weighted by molar-refractivity contribution is 0.453. The van der Waals surface area contributed by atoms with Gasteiger partial charge < -0.3 is 0 Å². The largest absolute Gasteiger partial charge is 0.261 e. The lowest BCUT2D eigenvalue weighted by Gasteiger charge is -2.16. The van der Waals surface area contributed by atoms with Gasteiger partial charge in [-0.15, -0.1) is 0 Å². The van der Waals surface area contributed by atoms with Crippen LogP contribution in [0.1, 0.15) is 6.92 Å². The number of aromatic nitrogens is 2. The highest BCUT2D eigenvalue weighted by atomic mass is 32.2. The van der Waals surface area contributed by atoms with Gasteiger partial charge in [-0.05, 0) is 6.07 Å². The summed E-state index contributed by atoms with van der Waals surface area (Å²) in [5.74, 6) is 0. The van der Waals surface area contributed by atoms with Crippen LogP contribution in [-0.4, -0.2) is 35.6 Å². The van der Waals surface area contributed by atoms with Crippen molar-refractivity contribution in [2.24, 2.45) is 7.05 Å². The molecule has 0 saturated heterocycles. The Morgan fingerprint density at radius 1 is 1.67 bits per heavy atom. The molecule has 1 aromatic heterocycles. The molecule has 0 aliphatic carbocycles. The molecular formula is C8H12N4O2S. The van der Waals surface area contributed by atoms with Crippen molar-refractivity contribution in [3.8, 4) is 6.07 Å². The zero-order valence-electron chi connectivity index (χ0n) is 8.58. The van der Waals surface area contributed by atoms with Crippen LogP contribution in [0.15, 0.2) is 17.3 Å². The zero-order chi connectivity index (χ0) is 11.5. The summed E-state index contributed by atoms with van der Waals surface area (Å²) < 4.78 is 26.3. The van der Waals surface area contributed by atoms with Crippen LogP contribution in [0.2, 0.25) is 0 Å². The Kier molecular flexibility index (Phi) is 3.44. The normalized spacial score (nSPS) is 11.6. The van der Waals surface area contributed by atoms with E-state index in [0.29, 0.717) is 0 Å². The van der Waals surface area contributed by atoms with Crippen molar-refractivity contribution < 1.29 is 8.42 Å². The average Bonchev–Trinajstić information content (AvgIpc) is 2.61. The van der Waals surface area contributed by atoms with Crippen LogP contribution in [0.25, 0.3) is 0 Å². The predicted molar refractivity (Wildman–Crippen MR) is 53.3 cm³/mol. The molecule has 0 aromatic carbocycles. The van der Waals surface area contributed by atoms with E-state index >= 15 is 0 Å². The summed E-state index contributed by atoms with van der Waals surface area (Å²) in [4.78, 5) is 0. The van der Waals surface area contributed by atoms with E-state index in [4.69, 9.17) is 5.26 Å². The van der Waals surface area contributed by atoms with Crippen molar-refractivity contribution in [2.45, 2.75) is 11.9 Å². The second-order valence-corrected chi connectivity index (χ2v) is 4.77. The first kappa shape index (κ1) is 11.7. The van der Waals surface area contributed by atoms with Crippen LogP contribution in [0.4, 0.5) is 0 Å². The lowest BCUT2D eigenvalue weighted by Crippen LogP contribution is -2.32. The van der Waals surface area contributed by atoms with Gasteiger partial charge in [-0.25, -0.2) is 8.42 Å². The van der Waals surface area contributed by atoms with Crippen LogP contribution in [0.5, 0.6) is 0 Å². The highest BCUT2D eigenvalue weighted by molar-refractivity contribution is 7.89. The summed E-state index contributed by atoms with van der Waals surface area (Å²) in [5, 5.41) is 12.4. The van der Waals surface area contributed by atoms with E-state index in [1.54, 1.807) is 14.0 Å². The van der Waals surface area contributed by atoms with Gasteiger partial charge in [0.2, 0.25) is 0 Å².